The Morgan fingerprint density at radius 3 is 2.88 bits per heavy atom. The molecule has 0 aromatic carbocycles. The molecule has 0 aromatic rings. The number of nitrogens with zero attached hydrogens (tertiary/aromatic N) is 1. The molecule has 3 unspecified atom stereocenters. The van der Waals surface area contributed by atoms with E-state index in [1.54, 1.807) is 7.11 Å². The zero-order chi connectivity index (χ0) is 12.7. The summed E-state index contributed by atoms with van der Waals surface area (Å²) in [7, 11) is 1.81. The molecular weight excluding hydrogens is 216 g/mol. The highest BCUT2D eigenvalue weighted by molar-refractivity contribution is 4.79. The van der Waals surface area contributed by atoms with Crippen molar-refractivity contribution in [3.8, 4) is 0 Å². The molecule has 0 bridgehead atoms. The summed E-state index contributed by atoms with van der Waals surface area (Å²) in [5.74, 6) is 0.665. The smallest absolute Gasteiger partial charge is 0.0724 e. The van der Waals surface area contributed by atoms with Crippen LogP contribution in [0.3, 0.4) is 0 Å². The van der Waals surface area contributed by atoms with Gasteiger partial charge in [-0.05, 0) is 38.4 Å². The predicted octanol–water partition coefficient (Wildman–Crippen LogP) is 0.704. The maximum Gasteiger partial charge on any atom is 0.0724 e. The SMILES string of the molecule is CCNC(CO)CCN1CCC(C)C(OC)C1. The molecule has 0 amide bonds. The molecule has 1 heterocycles. The van der Waals surface area contributed by atoms with E-state index >= 15 is 0 Å². The lowest BCUT2D eigenvalue weighted by Crippen LogP contribution is -2.45. The number of rotatable bonds is 7. The van der Waals surface area contributed by atoms with Crippen LogP contribution in [-0.2, 0) is 4.74 Å². The number of aliphatic hydroxyl groups is 1. The molecule has 4 heteroatoms. The van der Waals surface area contributed by atoms with Gasteiger partial charge in [0.05, 0.1) is 12.7 Å². The van der Waals surface area contributed by atoms with Gasteiger partial charge in [-0.25, -0.2) is 0 Å². The summed E-state index contributed by atoms with van der Waals surface area (Å²) < 4.78 is 5.51. The van der Waals surface area contributed by atoms with E-state index in [1.165, 1.54) is 6.42 Å². The van der Waals surface area contributed by atoms with E-state index in [4.69, 9.17) is 4.74 Å². The Bertz CT molecular complexity index is 202. The number of hydrogen-bond donors (Lipinski definition) is 2. The average Bonchev–Trinajstić information content (AvgIpc) is 2.36. The van der Waals surface area contributed by atoms with E-state index in [1.807, 2.05) is 0 Å². The van der Waals surface area contributed by atoms with Crippen LogP contribution in [-0.4, -0.2) is 62.0 Å². The largest absolute Gasteiger partial charge is 0.395 e. The second-order valence-electron chi connectivity index (χ2n) is 5.07. The van der Waals surface area contributed by atoms with E-state index < -0.39 is 0 Å². The number of ether oxygens (including phenoxy) is 1. The molecule has 3 atom stereocenters. The third kappa shape index (κ3) is 4.92. The Morgan fingerprint density at radius 2 is 2.29 bits per heavy atom. The molecule has 0 radical (unpaired) electrons. The van der Waals surface area contributed by atoms with Crippen molar-refractivity contribution in [3.63, 3.8) is 0 Å². The van der Waals surface area contributed by atoms with Gasteiger partial charge < -0.3 is 20.1 Å². The fourth-order valence-corrected chi connectivity index (χ4v) is 2.49. The lowest BCUT2D eigenvalue weighted by Gasteiger charge is -2.36. The van der Waals surface area contributed by atoms with Crippen LogP contribution in [0.4, 0.5) is 0 Å². The normalized spacial score (nSPS) is 28.2. The molecule has 4 nitrogen and oxygen atoms in total. The van der Waals surface area contributed by atoms with Crippen molar-refractivity contribution in [2.75, 3.05) is 39.9 Å². The molecule has 2 N–H and O–H groups in total. The minimum atomic E-state index is 0.228. The van der Waals surface area contributed by atoms with Crippen molar-refractivity contribution in [2.45, 2.75) is 38.8 Å². The van der Waals surface area contributed by atoms with Gasteiger partial charge >= 0.3 is 0 Å². The lowest BCUT2D eigenvalue weighted by atomic mass is 9.95. The maximum absolute atomic E-state index is 9.22. The minimum absolute atomic E-state index is 0.228. The lowest BCUT2D eigenvalue weighted by molar-refractivity contribution is -0.00623. The van der Waals surface area contributed by atoms with Crippen molar-refractivity contribution in [1.82, 2.24) is 10.2 Å². The summed E-state index contributed by atoms with van der Waals surface area (Å²) in [5, 5.41) is 12.5. The van der Waals surface area contributed by atoms with Crippen molar-refractivity contribution < 1.29 is 9.84 Å². The Kier molecular flexibility index (Phi) is 7.04. The summed E-state index contributed by atoms with van der Waals surface area (Å²) in [5.41, 5.74) is 0. The fraction of sp³-hybridized carbons (Fsp3) is 1.00. The van der Waals surface area contributed by atoms with Gasteiger partial charge in [0.25, 0.3) is 0 Å². The van der Waals surface area contributed by atoms with E-state index in [2.05, 4.69) is 24.1 Å². The molecule has 0 spiro atoms. The Balaban J connectivity index is 2.27. The predicted molar refractivity (Wildman–Crippen MR) is 70.2 cm³/mol. The molecule has 102 valence electrons. The number of nitrogens with one attached hydrogen (secondary N) is 1. The second kappa shape index (κ2) is 8.03. The number of piperidine rings is 1. The molecule has 0 aromatic heterocycles. The van der Waals surface area contributed by atoms with Gasteiger partial charge in [-0.2, -0.15) is 0 Å². The van der Waals surface area contributed by atoms with Gasteiger partial charge in [-0.1, -0.05) is 13.8 Å². The van der Waals surface area contributed by atoms with E-state index in [9.17, 15) is 5.11 Å². The topological polar surface area (TPSA) is 44.7 Å². The molecule has 1 fully saturated rings. The van der Waals surface area contributed by atoms with E-state index in [0.717, 1.165) is 32.6 Å². The molecule has 17 heavy (non-hydrogen) atoms. The Labute approximate surface area is 105 Å². The first kappa shape index (κ1) is 14.9. The van der Waals surface area contributed by atoms with E-state index in [-0.39, 0.29) is 12.6 Å². The molecule has 1 aliphatic rings. The molecule has 1 aliphatic heterocycles. The first-order valence-corrected chi connectivity index (χ1v) is 6.80. The third-order valence-electron chi connectivity index (χ3n) is 3.78. The number of methoxy groups -OCH3 is 1. The van der Waals surface area contributed by atoms with Crippen LogP contribution in [0.1, 0.15) is 26.7 Å². The van der Waals surface area contributed by atoms with Gasteiger partial charge in [-0.3, -0.25) is 0 Å². The van der Waals surface area contributed by atoms with Crippen molar-refractivity contribution >= 4 is 0 Å². The van der Waals surface area contributed by atoms with Gasteiger partial charge in [0.1, 0.15) is 0 Å². The van der Waals surface area contributed by atoms with E-state index in [0.29, 0.717) is 12.0 Å². The minimum Gasteiger partial charge on any atom is -0.395 e. The third-order valence-corrected chi connectivity index (χ3v) is 3.78. The standard InChI is InChI=1S/C13H28N2O2/c1-4-14-12(10-16)6-8-15-7-5-11(2)13(9-15)17-3/h11-14,16H,4-10H2,1-3H3. The quantitative estimate of drug-likeness (QED) is 0.692. The monoisotopic (exact) mass is 244 g/mol. The highest BCUT2D eigenvalue weighted by Gasteiger charge is 2.25. The maximum atomic E-state index is 9.22. The average molecular weight is 244 g/mol. The van der Waals surface area contributed by atoms with Gasteiger partial charge in [0.15, 0.2) is 0 Å². The number of aliphatic hydroxyl groups excluding tert-OH is 1. The summed E-state index contributed by atoms with van der Waals surface area (Å²) in [6.45, 7) is 8.72. The molecule has 1 rings (SSSR count). The molecular formula is C13H28N2O2. The highest BCUT2D eigenvalue weighted by atomic mass is 16.5. The van der Waals surface area contributed by atoms with Gasteiger partial charge in [-0.15, -0.1) is 0 Å². The summed E-state index contributed by atoms with van der Waals surface area (Å²) in [4.78, 5) is 2.45. The van der Waals surface area contributed by atoms with Crippen molar-refractivity contribution in [1.29, 1.82) is 0 Å². The number of hydrogen-bond acceptors (Lipinski definition) is 4. The van der Waals surface area contributed by atoms with Crippen LogP contribution in [0, 0.1) is 5.92 Å². The molecule has 0 aliphatic carbocycles. The van der Waals surface area contributed by atoms with Crippen LogP contribution in [0.5, 0.6) is 0 Å². The van der Waals surface area contributed by atoms with Crippen LogP contribution >= 0.6 is 0 Å². The van der Waals surface area contributed by atoms with Crippen LogP contribution in [0.25, 0.3) is 0 Å². The summed E-state index contributed by atoms with van der Waals surface area (Å²) in [6.07, 6.45) is 2.59. The van der Waals surface area contributed by atoms with Crippen LogP contribution in [0.2, 0.25) is 0 Å². The van der Waals surface area contributed by atoms with Gasteiger partial charge in [0.2, 0.25) is 0 Å². The Morgan fingerprint density at radius 1 is 1.53 bits per heavy atom. The first-order chi connectivity index (χ1) is 8.21. The summed E-state index contributed by atoms with van der Waals surface area (Å²) >= 11 is 0. The van der Waals surface area contributed by atoms with Crippen LogP contribution < -0.4 is 5.32 Å². The summed E-state index contributed by atoms with van der Waals surface area (Å²) in [6, 6.07) is 0.236. The number of likely N-dealkylation sites (tertiary alicyclic amines) is 1. The fourth-order valence-electron chi connectivity index (χ4n) is 2.49. The van der Waals surface area contributed by atoms with Crippen molar-refractivity contribution in [2.24, 2.45) is 5.92 Å². The van der Waals surface area contributed by atoms with Gasteiger partial charge in [0, 0.05) is 19.7 Å². The Hall–Kier alpha value is -0.160. The zero-order valence-corrected chi connectivity index (χ0v) is 11.5. The molecule has 0 saturated carbocycles. The zero-order valence-electron chi connectivity index (χ0n) is 11.5. The molecule has 1 saturated heterocycles. The highest BCUT2D eigenvalue weighted by Crippen LogP contribution is 2.19. The van der Waals surface area contributed by atoms with Crippen molar-refractivity contribution in [3.05, 3.63) is 0 Å². The van der Waals surface area contributed by atoms with Crippen LogP contribution in [0.15, 0.2) is 0 Å². The number of likely N-dealkylation sites (N-methyl/N-ethyl adjacent to an activating group) is 1. The first-order valence-electron chi connectivity index (χ1n) is 6.80. The second-order valence-corrected chi connectivity index (χ2v) is 5.07.